The second-order valence-electron chi connectivity index (χ2n) is 19.1. The van der Waals surface area contributed by atoms with Gasteiger partial charge >= 0.3 is 5.97 Å². The zero-order valence-corrected chi connectivity index (χ0v) is 31.2. The van der Waals surface area contributed by atoms with Crippen LogP contribution in [0.2, 0.25) is 0 Å². The molecule has 0 aromatic carbocycles. The van der Waals surface area contributed by atoms with Gasteiger partial charge in [0.1, 0.15) is 36.6 Å². The van der Waals surface area contributed by atoms with E-state index < -0.39 is 66.2 Å². The van der Waals surface area contributed by atoms with Gasteiger partial charge in [-0.3, -0.25) is 4.79 Å². The first kappa shape index (κ1) is 38.1. The van der Waals surface area contributed by atoms with Gasteiger partial charge in [0.05, 0.1) is 30.3 Å². The number of carbonyl (C=O) groups is 1. The first-order valence-electron chi connectivity index (χ1n) is 19.3. The minimum absolute atomic E-state index is 0.0193. The molecule has 51 heavy (non-hydrogen) atoms. The van der Waals surface area contributed by atoms with Crippen LogP contribution in [-0.4, -0.2) is 116 Å². The summed E-state index contributed by atoms with van der Waals surface area (Å²) in [6.45, 7) is 13.2. The van der Waals surface area contributed by atoms with E-state index in [0.717, 1.165) is 38.5 Å². The predicted octanol–water partition coefficient (Wildman–Crippen LogP) is 2.89. The molecule has 0 unspecified atom stereocenters. The minimum atomic E-state index is -1.57. The summed E-state index contributed by atoms with van der Waals surface area (Å²) in [5, 5.41) is 74.2. The summed E-state index contributed by atoms with van der Waals surface area (Å²) >= 11 is 0. The lowest BCUT2D eigenvalue weighted by molar-refractivity contribution is -0.346. The van der Waals surface area contributed by atoms with Crippen molar-refractivity contribution in [1.29, 1.82) is 0 Å². The number of ether oxygens (including phenoxy) is 4. The number of aliphatic carboxylic acids is 1. The molecule has 2 saturated heterocycles. The van der Waals surface area contributed by atoms with Gasteiger partial charge in [-0.05, 0) is 111 Å². The highest BCUT2D eigenvalue weighted by Crippen LogP contribution is 2.75. The maximum absolute atomic E-state index is 12.9. The lowest BCUT2D eigenvalue weighted by Gasteiger charge is -2.71. The van der Waals surface area contributed by atoms with Crippen LogP contribution in [0, 0.1) is 44.8 Å². The highest BCUT2D eigenvalue weighted by molar-refractivity contribution is 5.76. The van der Waals surface area contributed by atoms with Crippen LogP contribution in [0.1, 0.15) is 106 Å². The third-order valence-electron chi connectivity index (χ3n) is 16.2. The highest BCUT2D eigenvalue weighted by atomic mass is 16.7. The van der Waals surface area contributed by atoms with Crippen molar-refractivity contribution >= 4 is 5.97 Å². The summed E-state index contributed by atoms with van der Waals surface area (Å²) in [5.41, 5.74) is -0.944. The van der Waals surface area contributed by atoms with E-state index >= 15 is 0 Å². The molecule has 6 fully saturated rings. The topological polar surface area (TPSA) is 196 Å². The van der Waals surface area contributed by atoms with E-state index in [1.807, 2.05) is 6.92 Å². The van der Waals surface area contributed by atoms with Gasteiger partial charge in [0.25, 0.3) is 0 Å². The fraction of sp³-hybridized carbons (Fsp3) is 0.923. The Morgan fingerprint density at radius 3 is 2.10 bits per heavy atom. The quantitative estimate of drug-likeness (QED) is 0.162. The molecule has 4 saturated carbocycles. The molecule has 2 aliphatic heterocycles. The van der Waals surface area contributed by atoms with Crippen LogP contribution in [0.25, 0.3) is 0 Å². The number of rotatable bonds is 5. The Hall–Kier alpha value is -1.19. The lowest BCUT2D eigenvalue weighted by Crippen LogP contribution is -2.66. The molecule has 290 valence electrons. The van der Waals surface area contributed by atoms with E-state index in [2.05, 4.69) is 40.7 Å². The van der Waals surface area contributed by atoms with Gasteiger partial charge in [-0.25, -0.2) is 0 Å². The van der Waals surface area contributed by atoms with E-state index in [1.165, 1.54) is 5.57 Å². The average molecular weight is 723 g/mol. The summed E-state index contributed by atoms with van der Waals surface area (Å²) < 4.78 is 23.6. The molecule has 0 aromatic rings. The van der Waals surface area contributed by atoms with Crippen molar-refractivity contribution < 1.29 is 59.5 Å². The highest BCUT2D eigenvalue weighted by Gasteiger charge is 2.69. The first-order chi connectivity index (χ1) is 23.7. The molecule has 12 nitrogen and oxygen atoms in total. The van der Waals surface area contributed by atoms with Gasteiger partial charge in [0.15, 0.2) is 12.6 Å². The molecule has 0 amide bonds. The summed E-state index contributed by atoms with van der Waals surface area (Å²) in [6.07, 6.45) is -1.01. The summed E-state index contributed by atoms with van der Waals surface area (Å²) in [5.74, 6) is -0.208. The lowest BCUT2D eigenvalue weighted by atomic mass is 9.33. The average Bonchev–Trinajstić information content (AvgIpc) is 3.05. The molecule has 7 aliphatic rings. The molecule has 0 spiro atoms. The van der Waals surface area contributed by atoms with Gasteiger partial charge < -0.3 is 54.7 Å². The SMILES string of the molecule is CC1(C)[C@@H](O[C@@H]2OC[C@H](O)[C@H](O[C@@H]3OC[C@H](O)[C@H](O)[C@H]3O)[C@H]2O)CC[C@]2(C)[C@H]3CC=C4[C@@H]5C[C@](C)(O)CC[C@]5(C(=O)O)CC[C@@]4(C)[C@]3(C)CC[C@@H]12. The van der Waals surface area contributed by atoms with Crippen molar-refractivity contribution in [2.75, 3.05) is 13.2 Å². The Bertz CT molecular complexity index is 1380. The van der Waals surface area contributed by atoms with Crippen LogP contribution < -0.4 is 0 Å². The van der Waals surface area contributed by atoms with Gasteiger partial charge in [0.2, 0.25) is 0 Å². The number of allylic oxidation sites excluding steroid dienone is 2. The Kier molecular flexibility index (Phi) is 9.47. The molecular formula is C39H62O12. The zero-order valence-electron chi connectivity index (χ0n) is 31.2. The van der Waals surface area contributed by atoms with E-state index in [9.17, 15) is 40.5 Å². The standard InChI is InChI=1S/C39H62O12/c1-34(2)24-9-12-38(6)25(8-7-20-21-17-35(3,47)13-15-39(21,33(45)46)16-14-37(20,38)5)36(24,4)11-10-26(34)50-32-29(44)30(23(41)19-49-32)51-31-28(43)27(42)22(40)18-48-31/h7,21-32,40-44,47H,8-19H2,1-6H3,(H,45,46)/t21-,22-,23-,24-,25+,26-,27-,28+,29+,30-,31-,32-,35+,36-,37+,38+,39-/m0/s1. The fourth-order valence-electron chi connectivity index (χ4n) is 12.9. The number of aliphatic hydroxyl groups is 6. The minimum Gasteiger partial charge on any atom is -0.481 e. The number of hydrogen-bond acceptors (Lipinski definition) is 11. The summed E-state index contributed by atoms with van der Waals surface area (Å²) in [7, 11) is 0. The van der Waals surface area contributed by atoms with Crippen molar-refractivity contribution in [2.45, 2.75) is 167 Å². The van der Waals surface area contributed by atoms with Crippen molar-refractivity contribution in [3.8, 4) is 0 Å². The van der Waals surface area contributed by atoms with Crippen LogP contribution in [0.5, 0.6) is 0 Å². The summed E-state index contributed by atoms with van der Waals surface area (Å²) in [6, 6.07) is 0. The monoisotopic (exact) mass is 722 g/mol. The van der Waals surface area contributed by atoms with Crippen molar-refractivity contribution in [3.63, 3.8) is 0 Å². The van der Waals surface area contributed by atoms with E-state index in [4.69, 9.17) is 18.9 Å². The number of carboxylic acids is 1. The number of carboxylic acid groups (broad SMARTS) is 1. The van der Waals surface area contributed by atoms with Gasteiger partial charge in [-0.15, -0.1) is 0 Å². The zero-order chi connectivity index (χ0) is 37.1. The van der Waals surface area contributed by atoms with Crippen molar-refractivity contribution in [2.24, 2.45) is 44.8 Å². The van der Waals surface area contributed by atoms with Crippen LogP contribution in [0.15, 0.2) is 11.6 Å². The van der Waals surface area contributed by atoms with Gasteiger partial charge in [-0.1, -0.05) is 46.3 Å². The van der Waals surface area contributed by atoms with Crippen molar-refractivity contribution in [1.82, 2.24) is 0 Å². The van der Waals surface area contributed by atoms with E-state index in [0.29, 0.717) is 37.5 Å². The van der Waals surface area contributed by atoms with Crippen LogP contribution in [-0.2, 0) is 23.7 Å². The van der Waals surface area contributed by atoms with Crippen LogP contribution >= 0.6 is 0 Å². The third-order valence-corrected chi connectivity index (χ3v) is 16.2. The van der Waals surface area contributed by atoms with Gasteiger partial charge in [0, 0.05) is 0 Å². The largest absolute Gasteiger partial charge is 0.481 e. The third kappa shape index (κ3) is 5.63. The molecule has 2 heterocycles. The molecular weight excluding hydrogens is 660 g/mol. The van der Waals surface area contributed by atoms with Crippen LogP contribution in [0.4, 0.5) is 0 Å². The Balaban J connectivity index is 1.10. The maximum atomic E-state index is 12.9. The molecule has 12 heteroatoms. The molecule has 0 radical (unpaired) electrons. The normalized spacial score (nSPS) is 55.3. The Labute approximate surface area is 301 Å². The molecule has 7 rings (SSSR count). The maximum Gasteiger partial charge on any atom is 0.310 e. The second-order valence-corrected chi connectivity index (χ2v) is 19.1. The van der Waals surface area contributed by atoms with Crippen LogP contribution in [0.3, 0.4) is 0 Å². The van der Waals surface area contributed by atoms with E-state index in [-0.39, 0.29) is 46.9 Å². The number of fused-ring (bicyclic) bond motifs is 7. The molecule has 5 aliphatic carbocycles. The Morgan fingerprint density at radius 2 is 1.41 bits per heavy atom. The predicted molar refractivity (Wildman–Crippen MR) is 183 cm³/mol. The van der Waals surface area contributed by atoms with Gasteiger partial charge in [-0.2, -0.15) is 0 Å². The number of aliphatic hydroxyl groups excluding tert-OH is 5. The number of hydrogen-bond donors (Lipinski definition) is 7. The molecule has 7 N–H and O–H groups in total. The first-order valence-corrected chi connectivity index (χ1v) is 19.3. The smallest absolute Gasteiger partial charge is 0.310 e. The van der Waals surface area contributed by atoms with Crippen molar-refractivity contribution in [3.05, 3.63) is 11.6 Å². The molecule has 0 aromatic heterocycles. The Morgan fingerprint density at radius 1 is 0.765 bits per heavy atom. The summed E-state index contributed by atoms with van der Waals surface area (Å²) in [4.78, 5) is 12.9. The fourth-order valence-corrected chi connectivity index (χ4v) is 12.9. The molecule has 17 atom stereocenters. The molecule has 0 bridgehead atoms. The second kappa shape index (κ2) is 12.7. The van der Waals surface area contributed by atoms with E-state index in [1.54, 1.807) is 0 Å².